The Morgan fingerprint density at radius 3 is 2.20 bits per heavy atom. The van der Waals surface area contributed by atoms with Crippen molar-refractivity contribution in [2.24, 2.45) is 7.05 Å². The maximum absolute atomic E-state index is 12.3. The van der Waals surface area contributed by atoms with Crippen LogP contribution in [-0.4, -0.2) is 26.8 Å². The molecule has 25 heavy (non-hydrogen) atoms. The molecule has 7 nitrogen and oxygen atoms in total. The Morgan fingerprint density at radius 2 is 1.56 bits per heavy atom. The number of nitrogens with one attached hydrogen (secondary N) is 2. The van der Waals surface area contributed by atoms with Gasteiger partial charge in [-0.15, -0.1) is 0 Å². The van der Waals surface area contributed by atoms with Gasteiger partial charge in [0.25, 0.3) is 5.91 Å². The van der Waals surface area contributed by atoms with Crippen LogP contribution < -0.4 is 10.6 Å². The van der Waals surface area contributed by atoms with Crippen molar-refractivity contribution in [1.29, 1.82) is 0 Å². The molecule has 2 aromatic carbocycles. The van der Waals surface area contributed by atoms with Crippen LogP contribution in [0.4, 0.5) is 17.1 Å². The average molecular weight is 336 g/mol. The first-order chi connectivity index (χ1) is 12.0. The van der Waals surface area contributed by atoms with E-state index in [1.807, 2.05) is 42.5 Å². The number of anilines is 3. The van der Waals surface area contributed by atoms with Gasteiger partial charge in [-0.2, -0.15) is 5.10 Å². The molecular formula is C18H16N4O3. The maximum atomic E-state index is 12.3. The van der Waals surface area contributed by atoms with E-state index in [4.69, 9.17) is 5.11 Å². The Bertz CT molecular complexity index is 902. The van der Waals surface area contributed by atoms with Crippen LogP contribution in [0, 0.1) is 0 Å². The van der Waals surface area contributed by atoms with E-state index in [9.17, 15) is 9.59 Å². The summed E-state index contributed by atoms with van der Waals surface area (Å²) >= 11 is 0. The molecule has 3 aromatic rings. The second-order valence-corrected chi connectivity index (χ2v) is 5.36. The molecule has 126 valence electrons. The number of rotatable bonds is 5. The van der Waals surface area contributed by atoms with Crippen molar-refractivity contribution in [1.82, 2.24) is 9.78 Å². The summed E-state index contributed by atoms with van der Waals surface area (Å²) in [5.74, 6) is -1.72. The van der Waals surface area contributed by atoms with Gasteiger partial charge in [-0.25, -0.2) is 4.79 Å². The molecule has 3 N–H and O–H groups in total. The Morgan fingerprint density at radius 1 is 0.960 bits per heavy atom. The largest absolute Gasteiger partial charge is 0.478 e. The number of aryl methyl sites for hydroxylation is 1. The van der Waals surface area contributed by atoms with Crippen LogP contribution in [0.5, 0.6) is 0 Å². The molecule has 0 aliphatic carbocycles. The third-order valence-electron chi connectivity index (χ3n) is 3.59. The van der Waals surface area contributed by atoms with E-state index in [1.54, 1.807) is 12.1 Å². The molecule has 1 aromatic heterocycles. The number of hydrogen-bond acceptors (Lipinski definition) is 4. The molecule has 0 aliphatic rings. The van der Waals surface area contributed by atoms with Crippen LogP contribution in [0.1, 0.15) is 20.8 Å². The monoisotopic (exact) mass is 336 g/mol. The molecule has 0 fully saturated rings. The highest BCUT2D eigenvalue weighted by Crippen LogP contribution is 2.19. The molecule has 1 amide bonds. The van der Waals surface area contributed by atoms with Crippen molar-refractivity contribution in [2.45, 2.75) is 0 Å². The van der Waals surface area contributed by atoms with E-state index >= 15 is 0 Å². The van der Waals surface area contributed by atoms with Gasteiger partial charge in [0.05, 0.1) is 6.20 Å². The fourth-order valence-corrected chi connectivity index (χ4v) is 2.38. The summed E-state index contributed by atoms with van der Waals surface area (Å²) in [4.78, 5) is 23.5. The summed E-state index contributed by atoms with van der Waals surface area (Å²) in [6.07, 6.45) is 1.16. The summed E-state index contributed by atoms with van der Waals surface area (Å²) in [5, 5.41) is 18.9. The number of nitrogens with zero attached hydrogens (tertiary/aromatic N) is 2. The number of carbonyl (C=O) groups is 2. The number of para-hydroxylation sites is 1. The summed E-state index contributed by atoms with van der Waals surface area (Å²) < 4.78 is 1.24. The minimum absolute atomic E-state index is 0.000938. The zero-order chi connectivity index (χ0) is 17.8. The molecule has 0 radical (unpaired) electrons. The summed E-state index contributed by atoms with van der Waals surface area (Å²) in [6, 6.07) is 16.8. The van der Waals surface area contributed by atoms with Gasteiger partial charge in [0.15, 0.2) is 0 Å². The highest BCUT2D eigenvalue weighted by molar-refractivity contribution is 6.09. The van der Waals surface area contributed by atoms with Crippen molar-refractivity contribution in [3.05, 3.63) is 72.1 Å². The van der Waals surface area contributed by atoms with Gasteiger partial charge in [0.1, 0.15) is 11.3 Å². The van der Waals surface area contributed by atoms with Gasteiger partial charge in [-0.05, 0) is 36.4 Å². The molecule has 0 unspecified atom stereocenters. The Labute approximate surface area is 143 Å². The fourth-order valence-electron chi connectivity index (χ4n) is 2.38. The van der Waals surface area contributed by atoms with E-state index in [-0.39, 0.29) is 11.3 Å². The SMILES string of the molecule is Cn1ncc(C(=O)O)c1C(=O)Nc1ccc(Nc2ccccc2)cc1. The highest BCUT2D eigenvalue weighted by atomic mass is 16.4. The topological polar surface area (TPSA) is 96.2 Å². The number of carboxylic acid groups (broad SMARTS) is 1. The minimum Gasteiger partial charge on any atom is -0.478 e. The quantitative estimate of drug-likeness (QED) is 0.665. The minimum atomic E-state index is -1.19. The van der Waals surface area contributed by atoms with Crippen LogP contribution in [0.25, 0.3) is 0 Å². The number of benzene rings is 2. The molecule has 0 atom stereocenters. The van der Waals surface area contributed by atoms with Gasteiger partial charge >= 0.3 is 5.97 Å². The molecule has 0 spiro atoms. The van der Waals surface area contributed by atoms with Crippen LogP contribution in [0.3, 0.4) is 0 Å². The van der Waals surface area contributed by atoms with Gasteiger partial charge in [-0.3, -0.25) is 9.48 Å². The normalized spacial score (nSPS) is 10.3. The number of carboxylic acids is 1. The molecular weight excluding hydrogens is 320 g/mol. The number of aromatic nitrogens is 2. The van der Waals surface area contributed by atoms with Gasteiger partial charge < -0.3 is 15.7 Å². The van der Waals surface area contributed by atoms with Gasteiger partial charge in [-0.1, -0.05) is 18.2 Å². The van der Waals surface area contributed by atoms with E-state index in [0.717, 1.165) is 17.6 Å². The molecule has 1 heterocycles. The first-order valence-electron chi connectivity index (χ1n) is 7.53. The smallest absolute Gasteiger partial charge is 0.339 e. The highest BCUT2D eigenvalue weighted by Gasteiger charge is 2.21. The second-order valence-electron chi connectivity index (χ2n) is 5.36. The lowest BCUT2D eigenvalue weighted by Gasteiger charge is -2.09. The molecule has 0 saturated heterocycles. The predicted molar refractivity (Wildman–Crippen MR) is 94.3 cm³/mol. The molecule has 0 aliphatic heterocycles. The fraction of sp³-hybridized carbons (Fsp3) is 0.0556. The summed E-state index contributed by atoms with van der Waals surface area (Å²) in [7, 11) is 1.52. The standard InChI is InChI=1S/C18H16N4O3/c1-22-16(15(11-19-22)18(24)25)17(23)21-14-9-7-13(8-10-14)20-12-5-3-2-4-6-12/h2-11,20H,1H3,(H,21,23)(H,24,25). The van der Waals surface area contributed by atoms with Crippen LogP contribution in [-0.2, 0) is 7.05 Å². The van der Waals surface area contributed by atoms with E-state index in [1.165, 1.54) is 11.7 Å². The number of hydrogen-bond donors (Lipinski definition) is 3. The van der Waals surface area contributed by atoms with Crippen molar-refractivity contribution < 1.29 is 14.7 Å². The molecule has 0 bridgehead atoms. The zero-order valence-corrected chi connectivity index (χ0v) is 13.4. The lowest BCUT2D eigenvalue weighted by molar-refractivity contribution is 0.0692. The Balaban J connectivity index is 1.72. The lowest BCUT2D eigenvalue weighted by Crippen LogP contribution is -2.19. The van der Waals surface area contributed by atoms with E-state index < -0.39 is 11.9 Å². The van der Waals surface area contributed by atoms with Crippen LogP contribution >= 0.6 is 0 Å². The predicted octanol–water partition coefficient (Wildman–Crippen LogP) is 3.11. The Hall–Kier alpha value is -3.61. The van der Waals surface area contributed by atoms with Crippen LogP contribution in [0.2, 0.25) is 0 Å². The maximum Gasteiger partial charge on any atom is 0.339 e. The summed E-state index contributed by atoms with van der Waals surface area (Å²) in [5.41, 5.74) is 2.25. The van der Waals surface area contributed by atoms with E-state index in [0.29, 0.717) is 5.69 Å². The van der Waals surface area contributed by atoms with Crippen molar-refractivity contribution >= 4 is 28.9 Å². The Kier molecular flexibility index (Phi) is 4.47. The molecule has 7 heteroatoms. The number of aromatic carboxylic acids is 1. The van der Waals surface area contributed by atoms with E-state index in [2.05, 4.69) is 15.7 Å². The van der Waals surface area contributed by atoms with Crippen molar-refractivity contribution in [2.75, 3.05) is 10.6 Å². The van der Waals surface area contributed by atoms with Crippen molar-refractivity contribution in [3.63, 3.8) is 0 Å². The van der Waals surface area contributed by atoms with Gasteiger partial charge in [0, 0.05) is 24.1 Å². The average Bonchev–Trinajstić information content (AvgIpc) is 2.99. The third kappa shape index (κ3) is 3.66. The number of amides is 1. The van der Waals surface area contributed by atoms with Gasteiger partial charge in [0.2, 0.25) is 0 Å². The lowest BCUT2D eigenvalue weighted by atomic mass is 10.2. The molecule has 0 saturated carbocycles. The van der Waals surface area contributed by atoms with Crippen molar-refractivity contribution in [3.8, 4) is 0 Å². The number of carbonyl (C=O) groups excluding carboxylic acids is 1. The zero-order valence-electron chi connectivity index (χ0n) is 13.4. The first kappa shape index (κ1) is 16.3. The summed E-state index contributed by atoms with van der Waals surface area (Å²) in [6.45, 7) is 0. The molecule has 3 rings (SSSR count). The second kappa shape index (κ2) is 6.88. The van der Waals surface area contributed by atoms with Crippen LogP contribution in [0.15, 0.2) is 60.8 Å². The third-order valence-corrected chi connectivity index (χ3v) is 3.59. The first-order valence-corrected chi connectivity index (χ1v) is 7.53.